The van der Waals surface area contributed by atoms with Crippen LogP contribution in [0.5, 0.6) is 28.7 Å². The molecule has 0 fully saturated rings. The maximum absolute atomic E-state index is 13.2. The van der Waals surface area contributed by atoms with Crippen molar-refractivity contribution in [1.82, 2.24) is 0 Å². The van der Waals surface area contributed by atoms with Crippen LogP contribution in [0.15, 0.2) is 57.4 Å². The minimum Gasteiger partial charge on any atom is -0.716 e. The number of ether oxygens (including phenoxy) is 5. The Labute approximate surface area is 347 Å². The summed E-state index contributed by atoms with van der Waals surface area (Å²) in [6.45, 7) is 4.14. The summed E-state index contributed by atoms with van der Waals surface area (Å²) < 4.78 is 116. The number of benzene rings is 3. The zero-order valence-electron chi connectivity index (χ0n) is 29.2. The van der Waals surface area contributed by atoms with Gasteiger partial charge < -0.3 is 50.0 Å². The van der Waals surface area contributed by atoms with Gasteiger partial charge in [0, 0.05) is 22.9 Å². The molecule has 5 aromatic rings. The van der Waals surface area contributed by atoms with Crippen LogP contribution in [0.2, 0.25) is 0 Å². The van der Waals surface area contributed by atoms with Gasteiger partial charge in [0.05, 0.1) is 20.3 Å². The molecule has 2 aromatic heterocycles. The van der Waals surface area contributed by atoms with Crippen LogP contribution in [0.3, 0.4) is 0 Å². The molecule has 0 bridgehead atoms. The van der Waals surface area contributed by atoms with E-state index in [2.05, 4.69) is 8.37 Å². The zero-order chi connectivity index (χ0) is 37.1. The molecule has 0 radical (unpaired) electrons. The molecular weight excluding hydrogens is 766 g/mol. The molecule has 0 saturated carbocycles. The van der Waals surface area contributed by atoms with Crippen molar-refractivity contribution in [2.45, 2.75) is 34.0 Å². The second-order valence-electron chi connectivity index (χ2n) is 10.4. The van der Waals surface area contributed by atoms with E-state index in [4.69, 9.17) is 32.5 Å². The standard InChI is InChI=1S/C32H30O17S2.2Na/c1-5-42-31(33)29-17(3)46-22-14-26(44-15-18-8-7-9-19(10-18)48-50(35,36)37)25(11-20(22)29)45-16-28-30(32(34)43-6-2)21-12-27(49-51(38,39)40)24(41-4)13-23(21)47-28;;/h7-14H,5-6,15-16H2,1-4H3,(H,35,36,37)(H,38,39,40);;/q;2*+1/p-2. The summed E-state index contributed by atoms with van der Waals surface area (Å²) >= 11 is 0. The largest absolute Gasteiger partial charge is 1.00 e. The molecule has 0 aliphatic heterocycles. The van der Waals surface area contributed by atoms with Gasteiger partial charge in [-0.25, -0.2) is 26.4 Å². The van der Waals surface area contributed by atoms with Gasteiger partial charge >= 0.3 is 71.1 Å². The first kappa shape index (κ1) is 43.9. The number of rotatable bonds is 15. The van der Waals surface area contributed by atoms with Crippen LogP contribution in [0.25, 0.3) is 21.9 Å². The van der Waals surface area contributed by atoms with Gasteiger partial charge in [0.2, 0.25) is 0 Å². The smallest absolute Gasteiger partial charge is 0.716 e. The van der Waals surface area contributed by atoms with Crippen molar-refractivity contribution in [3.63, 3.8) is 0 Å². The Kier molecular flexibility index (Phi) is 15.1. The molecule has 0 amide bonds. The molecule has 53 heavy (non-hydrogen) atoms. The molecule has 17 nitrogen and oxygen atoms in total. The van der Waals surface area contributed by atoms with Crippen LogP contribution >= 0.6 is 0 Å². The normalized spacial score (nSPS) is 11.3. The first-order valence-corrected chi connectivity index (χ1v) is 17.5. The minimum absolute atomic E-state index is 0. The summed E-state index contributed by atoms with van der Waals surface area (Å²) in [7, 11) is -9.08. The van der Waals surface area contributed by atoms with E-state index in [-0.39, 0.29) is 141 Å². The van der Waals surface area contributed by atoms with Gasteiger partial charge in [-0.1, -0.05) is 12.1 Å². The molecule has 0 aliphatic carbocycles. The molecule has 5 rings (SSSR count). The SMILES string of the molecule is CCOC(=O)c1c(C)oc2cc(OCc3cccc(OS(=O)(=O)[O-])c3)c(OCc3oc4cc(OC)c(OS(=O)(=O)[O-])cc4c3C(=O)OCC)cc12.[Na+].[Na+]. The zero-order valence-corrected chi connectivity index (χ0v) is 34.8. The molecule has 21 heteroatoms. The van der Waals surface area contributed by atoms with Crippen LogP contribution in [0.4, 0.5) is 0 Å². The number of esters is 2. The Hall–Kier alpha value is -3.50. The molecular formula is C32H28Na2O17S2. The third kappa shape index (κ3) is 10.8. The van der Waals surface area contributed by atoms with Crippen LogP contribution in [0.1, 0.15) is 51.6 Å². The van der Waals surface area contributed by atoms with Crippen molar-refractivity contribution >= 4 is 54.7 Å². The first-order valence-electron chi connectivity index (χ1n) is 14.8. The average molecular weight is 795 g/mol. The van der Waals surface area contributed by atoms with E-state index in [0.29, 0.717) is 10.9 Å². The van der Waals surface area contributed by atoms with Crippen LogP contribution < -0.4 is 81.7 Å². The van der Waals surface area contributed by atoms with Gasteiger partial charge in [-0.15, -0.1) is 0 Å². The summed E-state index contributed by atoms with van der Waals surface area (Å²) in [5.74, 6) is -2.27. The fraction of sp³-hybridized carbons (Fsp3) is 0.250. The van der Waals surface area contributed by atoms with Gasteiger partial charge in [0.1, 0.15) is 47.0 Å². The second-order valence-corrected chi connectivity index (χ2v) is 12.3. The number of carbonyl (C=O) groups excluding carboxylic acids is 2. The minimum atomic E-state index is -5.24. The van der Waals surface area contributed by atoms with Crippen molar-refractivity contribution in [2.75, 3.05) is 20.3 Å². The van der Waals surface area contributed by atoms with E-state index in [1.165, 1.54) is 43.5 Å². The Morgan fingerprint density at radius 1 is 0.698 bits per heavy atom. The third-order valence-electron chi connectivity index (χ3n) is 6.98. The molecule has 0 unspecified atom stereocenters. The monoisotopic (exact) mass is 794 g/mol. The van der Waals surface area contributed by atoms with Crippen molar-refractivity contribution in [3.05, 3.63) is 76.7 Å². The quantitative estimate of drug-likeness (QED) is 0.0517. The number of hydrogen-bond acceptors (Lipinski definition) is 17. The van der Waals surface area contributed by atoms with Gasteiger partial charge in [0.15, 0.2) is 28.8 Å². The van der Waals surface area contributed by atoms with Crippen LogP contribution in [0, 0.1) is 6.92 Å². The Bertz CT molecular complexity index is 2350. The number of aryl methyl sites for hydroxylation is 1. The number of hydrogen-bond donors (Lipinski definition) is 0. The maximum Gasteiger partial charge on any atom is 1.00 e. The number of carbonyl (C=O) groups is 2. The van der Waals surface area contributed by atoms with Gasteiger partial charge in [-0.05, 0) is 50.6 Å². The summed E-state index contributed by atoms with van der Waals surface area (Å²) in [6, 6.07) is 10.7. The van der Waals surface area contributed by atoms with Crippen molar-refractivity contribution in [3.8, 4) is 28.7 Å². The predicted octanol–water partition coefficient (Wildman–Crippen LogP) is -1.31. The van der Waals surface area contributed by atoms with Gasteiger partial charge in [0.25, 0.3) is 20.8 Å². The molecule has 272 valence electrons. The fourth-order valence-corrected chi connectivity index (χ4v) is 5.73. The molecule has 0 atom stereocenters. The Balaban J connectivity index is 0.00000378. The summed E-state index contributed by atoms with van der Waals surface area (Å²) in [6.07, 6.45) is 0. The van der Waals surface area contributed by atoms with Crippen molar-refractivity contribution < 1.29 is 136 Å². The number of fused-ring (bicyclic) bond motifs is 2. The van der Waals surface area contributed by atoms with E-state index in [9.17, 15) is 35.5 Å². The third-order valence-corrected chi connectivity index (χ3v) is 7.76. The fourth-order valence-electron chi connectivity index (χ4n) is 5.04. The van der Waals surface area contributed by atoms with Crippen molar-refractivity contribution in [1.29, 1.82) is 0 Å². The first-order chi connectivity index (χ1) is 24.1. The maximum atomic E-state index is 13.2. The summed E-state index contributed by atoms with van der Waals surface area (Å²) in [5, 5.41) is 0.306. The molecule has 0 saturated heterocycles. The van der Waals surface area contributed by atoms with Gasteiger partial charge in [-0.3, -0.25) is 0 Å². The van der Waals surface area contributed by atoms with Gasteiger partial charge in [-0.2, -0.15) is 0 Å². The Morgan fingerprint density at radius 3 is 1.87 bits per heavy atom. The van der Waals surface area contributed by atoms with E-state index >= 15 is 0 Å². The van der Waals surface area contributed by atoms with E-state index in [1.807, 2.05) is 0 Å². The summed E-state index contributed by atoms with van der Waals surface area (Å²) in [4.78, 5) is 26.0. The molecule has 0 aliphatic rings. The number of furan rings is 2. The van der Waals surface area contributed by atoms with Crippen LogP contribution in [-0.2, 0) is 43.5 Å². The molecule has 0 N–H and O–H groups in total. The van der Waals surface area contributed by atoms with Crippen LogP contribution in [-0.4, -0.2) is 58.2 Å². The second kappa shape index (κ2) is 18.2. The molecule has 2 heterocycles. The molecule has 0 spiro atoms. The van der Waals surface area contributed by atoms with E-state index in [1.54, 1.807) is 26.8 Å². The van der Waals surface area contributed by atoms with Crippen molar-refractivity contribution in [2.24, 2.45) is 0 Å². The topological polar surface area (TPSA) is 239 Å². The average Bonchev–Trinajstić information content (AvgIpc) is 3.56. The number of methoxy groups -OCH3 is 1. The van der Waals surface area contributed by atoms with E-state index in [0.717, 1.165) is 6.07 Å². The van der Waals surface area contributed by atoms with E-state index < -0.39 is 45.1 Å². The summed E-state index contributed by atoms with van der Waals surface area (Å²) in [5.41, 5.74) is 0.571. The predicted molar refractivity (Wildman–Crippen MR) is 171 cm³/mol. The molecule has 3 aromatic carbocycles. The Morgan fingerprint density at radius 2 is 1.25 bits per heavy atom.